The summed E-state index contributed by atoms with van der Waals surface area (Å²) in [6.07, 6.45) is 10.8. The monoisotopic (exact) mass is 284 g/mol. The number of aromatic nitrogens is 2. The molecule has 1 aromatic carbocycles. The number of nitrogens with one attached hydrogen (secondary N) is 2. The van der Waals surface area contributed by atoms with Gasteiger partial charge in [0, 0.05) is 24.5 Å². The Hall–Kier alpha value is -1.81. The van der Waals surface area contributed by atoms with E-state index in [2.05, 4.69) is 46.8 Å². The first-order valence-electron chi connectivity index (χ1n) is 7.90. The molecule has 21 heavy (non-hydrogen) atoms. The summed E-state index contributed by atoms with van der Waals surface area (Å²) in [6, 6.07) is 9.50. The number of piperidine rings is 1. The Morgan fingerprint density at radius 1 is 1.38 bits per heavy atom. The Morgan fingerprint density at radius 3 is 3.05 bits per heavy atom. The highest BCUT2D eigenvalue weighted by Gasteiger charge is 2.16. The molecular weight excluding hydrogens is 260 g/mol. The lowest BCUT2D eigenvalue weighted by molar-refractivity contribution is 0.371. The molecule has 4 heteroatoms. The first kappa shape index (κ1) is 14.1. The minimum Gasteiger partial charge on any atom is -0.381 e. The van der Waals surface area contributed by atoms with E-state index in [-0.39, 0.29) is 0 Å². The molecule has 1 aliphatic heterocycles. The molecule has 2 N–H and O–H groups in total. The second kappa shape index (κ2) is 6.76. The van der Waals surface area contributed by atoms with Crippen molar-refractivity contribution in [1.82, 2.24) is 14.9 Å². The van der Waals surface area contributed by atoms with Crippen LogP contribution in [0.2, 0.25) is 0 Å². The van der Waals surface area contributed by atoms with E-state index in [9.17, 15) is 0 Å². The van der Waals surface area contributed by atoms with Crippen molar-refractivity contribution in [2.45, 2.75) is 44.7 Å². The van der Waals surface area contributed by atoms with Gasteiger partial charge in [0.2, 0.25) is 0 Å². The van der Waals surface area contributed by atoms with Crippen molar-refractivity contribution >= 4 is 5.69 Å². The zero-order chi connectivity index (χ0) is 14.5. The molecule has 2 aromatic rings. The fourth-order valence-corrected chi connectivity index (χ4v) is 3.10. The first-order valence-corrected chi connectivity index (χ1v) is 7.90. The van der Waals surface area contributed by atoms with Gasteiger partial charge in [-0.05, 0) is 44.9 Å². The minimum absolute atomic E-state index is 0.449. The van der Waals surface area contributed by atoms with Crippen molar-refractivity contribution in [3.8, 4) is 5.69 Å². The second-order valence-corrected chi connectivity index (χ2v) is 5.92. The SMILES string of the molecule is CC(CC1CCCCN1)Nc1ccccc1-n1ccnc1. The van der Waals surface area contributed by atoms with Crippen molar-refractivity contribution in [1.29, 1.82) is 0 Å². The van der Waals surface area contributed by atoms with Crippen LogP contribution in [0.25, 0.3) is 5.69 Å². The Morgan fingerprint density at radius 2 is 2.29 bits per heavy atom. The van der Waals surface area contributed by atoms with Gasteiger partial charge in [0.15, 0.2) is 0 Å². The van der Waals surface area contributed by atoms with Crippen molar-refractivity contribution in [2.75, 3.05) is 11.9 Å². The molecule has 0 spiro atoms. The van der Waals surface area contributed by atoms with E-state index in [1.165, 1.54) is 31.5 Å². The van der Waals surface area contributed by atoms with Crippen LogP contribution in [0.15, 0.2) is 43.0 Å². The molecule has 1 aliphatic rings. The Bertz CT molecular complexity index is 544. The Balaban J connectivity index is 1.67. The zero-order valence-corrected chi connectivity index (χ0v) is 12.6. The summed E-state index contributed by atoms with van der Waals surface area (Å²) in [4.78, 5) is 4.14. The van der Waals surface area contributed by atoms with Crippen molar-refractivity contribution in [3.05, 3.63) is 43.0 Å². The molecule has 0 radical (unpaired) electrons. The normalized spacial score (nSPS) is 20.1. The smallest absolute Gasteiger partial charge is 0.0992 e. The van der Waals surface area contributed by atoms with Gasteiger partial charge in [-0.15, -0.1) is 0 Å². The van der Waals surface area contributed by atoms with Gasteiger partial charge in [0.05, 0.1) is 17.7 Å². The predicted molar refractivity (Wildman–Crippen MR) is 86.9 cm³/mol. The largest absolute Gasteiger partial charge is 0.381 e. The maximum absolute atomic E-state index is 4.14. The highest BCUT2D eigenvalue weighted by Crippen LogP contribution is 2.22. The first-order chi connectivity index (χ1) is 10.3. The van der Waals surface area contributed by atoms with E-state index < -0.39 is 0 Å². The summed E-state index contributed by atoms with van der Waals surface area (Å²) >= 11 is 0. The minimum atomic E-state index is 0.449. The molecule has 2 atom stereocenters. The average molecular weight is 284 g/mol. The molecule has 0 saturated carbocycles. The molecule has 1 saturated heterocycles. The molecule has 2 unspecified atom stereocenters. The molecule has 0 bridgehead atoms. The summed E-state index contributed by atoms with van der Waals surface area (Å²) < 4.78 is 2.05. The fraction of sp³-hybridized carbons (Fsp3) is 0.471. The summed E-state index contributed by atoms with van der Waals surface area (Å²) in [5, 5.41) is 7.28. The van der Waals surface area contributed by atoms with Gasteiger partial charge in [-0.3, -0.25) is 0 Å². The molecule has 1 aromatic heterocycles. The number of rotatable bonds is 5. The topological polar surface area (TPSA) is 41.9 Å². The highest BCUT2D eigenvalue weighted by molar-refractivity contribution is 5.61. The van der Waals surface area contributed by atoms with Crippen LogP contribution in [0.1, 0.15) is 32.6 Å². The Labute approximate surface area is 126 Å². The van der Waals surface area contributed by atoms with Gasteiger partial charge in [0.25, 0.3) is 0 Å². The fourth-order valence-electron chi connectivity index (χ4n) is 3.10. The molecule has 1 fully saturated rings. The molecule has 4 nitrogen and oxygen atoms in total. The van der Waals surface area contributed by atoms with Crippen LogP contribution < -0.4 is 10.6 Å². The van der Waals surface area contributed by atoms with Gasteiger partial charge in [-0.2, -0.15) is 0 Å². The third-order valence-electron chi connectivity index (χ3n) is 4.14. The second-order valence-electron chi connectivity index (χ2n) is 5.92. The van der Waals surface area contributed by atoms with Crippen LogP contribution in [-0.2, 0) is 0 Å². The van der Waals surface area contributed by atoms with E-state index in [1.807, 2.05) is 23.3 Å². The van der Waals surface area contributed by atoms with Gasteiger partial charge >= 0.3 is 0 Å². The van der Waals surface area contributed by atoms with Crippen LogP contribution in [0.4, 0.5) is 5.69 Å². The number of para-hydroxylation sites is 2. The van der Waals surface area contributed by atoms with Gasteiger partial charge in [-0.1, -0.05) is 18.6 Å². The van der Waals surface area contributed by atoms with Crippen LogP contribution in [0, 0.1) is 0 Å². The Kier molecular flexibility index (Phi) is 4.55. The lowest BCUT2D eigenvalue weighted by atomic mass is 9.98. The standard InChI is InChI=1S/C17H24N4/c1-14(12-15-6-4-5-9-19-15)20-16-7-2-3-8-17(16)21-11-10-18-13-21/h2-3,7-8,10-11,13-15,19-20H,4-6,9,12H2,1H3. The number of anilines is 1. The van der Waals surface area contributed by atoms with Crippen LogP contribution in [-0.4, -0.2) is 28.2 Å². The third-order valence-corrected chi connectivity index (χ3v) is 4.14. The molecule has 0 aliphatic carbocycles. The third kappa shape index (κ3) is 3.64. The molecule has 112 valence electrons. The molecule has 2 heterocycles. The molecule has 3 rings (SSSR count). The van der Waals surface area contributed by atoms with E-state index in [0.717, 1.165) is 12.1 Å². The maximum atomic E-state index is 4.14. The van der Waals surface area contributed by atoms with E-state index in [0.29, 0.717) is 12.1 Å². The van der Waals surface area contributed by atoms with Crippen LogP contribution in [0.3, 0.4) is 0 Å². The molecular formula is C17H24N4. The number of benzene rings is 1. The average Bonchev–Trinajstić information content (AvgIpc) is 3.03. The van der Waals surface area contributed by atoms with Gasteiger partial charge in [0.1, 0.15) is 0 Å². The van der Waals surface area contributed by atoms with Crippen LogP contribution in [0.5, 0.6) is 0 Å². The summed E-state index contributed by atoms with van der Waals surface area (Å²) in [5.41, 5.74) is 2.32. The van der Waals surface area contributed by atoms with Crippen molar-refractivity contribution in [2.24, 2.45) is 0 Å². The zero-order valence-electron chi connectivity index (χ0n) is 12.6. The lowest BCUT2D eigenvalue weighted by Crippen LogP contribution is -2.37. The van der Waals surface area contributed by atoms with Gasteiger partial charge in [-0.25, -0.2) is 4.98 Å². The van der Waals surface area contributed by atoms with E-state index >= 15 is 0 Å². The number of imidazole rings is 1. The predicted octanol–water partition coefficient (Wildman–Crippen LogP) is 3.20. The van der Waals surface area contributed by atoms with Crippen molar-refractivity contribution < 1.29 is 0 Å². The van der Waals surface area contributed by atoms with Crippen molar-refractivity contribution in [3.63, 3.8) is 0 Å². The number of hydrogen-bond acceptors (Lipinski definition) is 3. The summed E-state index contributed by atoms with van der Waals surface area (Å²) in [7, 11) is 0. The quantitative estimate of drug-likeness (QED) is 0.886. The summed E-state index contributed by atoms with van der Waals surface area (Å²) in [5.74, 6) is 0. The number of hydrogen-bond donors (Lipinski definition) is 2. The maximum Gasteiger partial charge on any atom is 0.0992 e. The van der Waals surface area contributed by atoms with E-state index in [1.54, 1.807) is 0 Å². The lowest BCUT2D eigenvalue weighted by Gasteiger charge is -2.27. The van der Waals surface area contributed by atoms with E-state index in [4.69, 9.17) is 0 Å². The molecule has 0 amide bonds. The van der Waals surface area contributed by atoms with Crippen LogP contribution >= 0.6 is 0 Å². The number of nitrogens with zero attached hydrogens (tertiary/aromatic N) is 2. The van der Waals surface area contributed by atoms with Gasteiger partial charge < -0.3 is 15.2 Å². The summed E-state index contributed by atoms with van der Waals surface area (Å²) in [6.45, 7) is 3.43. The highest BCUT2D eigenvalue weighted by atomic mass is 15.1.